The lowest BCUT2D eigenvalue weighted by Gasteiger charge is -2.13. The molecule has 1 N–H and O–H groups in total. The van der Waals surface area contributed by atoms with Gasteiger partial charge in [0.15, 0.2) is 11.5 Å². The molecule has 0 heterocycles. The Morgan fingerprint density at radius 3 is 2.29 bits per heavy atom. The number of phenols is 1. The minimum absolute atomic E-state index is 0.0931. The molecule has 0 saturated carbocycles. The number of methoxy groups -OCH3 is 2. The molecule has 0 atom stereocenters. The molecular formula is C26H25ClO7. The predicted molar refractivity (Wildman–Crippen MR) is 127 cm³/mol. The van der Waals surface area contributed by atoms with Crippen LogP contribution in [0.15, 0.2) is 60.7 Å². The van der Waals surface area contributed by atoms with Crippen molar-refractivity contribution >= 4 is 23.5 Å². The molecule has 0 spiro atoms. The van der Waals surface area contributed by atoms with Crippen LogP contribution in [-0.2, 0) is 15.9 Å². The van der Waals surface area contributed by atoms with Crippen LogP contribution in [0, 0.1) is 0 Å². The first kappa shape index (κ1) is 24.9. The third-order valence-corrected chi connectivity index (χ3v) is 5.24. The highest BCUT2D eigenvalue weighted by atomic mass is 35.5. The first-order valence-corrected chi connectivity index (χ1v) is 11.0. The minimum atomic E-state index is -0.855. The van der Waals surface area contributed by atoms with Crippen molar-refractivity contribution in [3.05, 3.63) is 82.4 Å². The van der Waals surface area contributed by atoms with Gasteiger partial charge in [0.2, 0.25) is 0 Å². The van der Waals surface area contributed by atoms with E-state index in [0.717, 1.165) is 31.3 Å². The van der Waals surface area contributed by atoms with Crippen molar-refractivity contribution < 1.29 is 33.6 Å². The fourth-order valence-electron chi connectivity index (χ4n) is 3.28. The number of hydrogen-bond acceptors (Lipinski definition) is 7. The molecule has 3 rings (SSSR count). The lowest BCUT2D eigenvalue weighted by molar-refractivity contribution is 0.0551. The molecule has 7 nitrogen and oxygen atoms in total. The van der Waals surface area contributed by atoms with E-state index in [4.69, 9.17) is 21.1 Å². The molecule has 0 radical (unpaired) electrons. The van der Waals surface area contributed by atoms with Crippen molar-refractivity contribution in [2.75, 3.05) is 20.8 Å². The van der Waals surface area contributed by atoms with E-state index in [1.165, 1.54) is 19.2 Å². The highest BCUT2D eigenvalue weighted by Gasteiger charge is 2.25. The summed E-state index contributed by atoms with van der Waals surface area (Å²) in [6, 6.07) is 17.8. The zero-order valence-corrected chi connectivity index (χ0v) is 19.6. The van der Waals surface area contributed by atoms with Crippen molar-refractivity contribution in [3.8, 4) is 23.0 Å². The van der Waals surface area contributed by atoms with E-state index in [1.54, 1.807) is 12.1 Å². The summed E-state index contributed by atoms with van der Waals surface area (Å²) in [5, 5.41) is 11.1. The number of hydrogen-bond donors (Lipinski definition) is 1. The molecule has 3 aromatic rings. The molecule has 0 aliphatic rings. The minimum Gasteiger partial charge on any atom is -0.504 e. The summed E-state index contributed by atoms with van der Waals surface area (Å²) < 4.78 is 20.7. The number of esters is 2. The van der Waals surface area contributed by atoms with Crippen LogP contribution in [0.3, 0.4) is 0 Å². The van der Waals surface area contributed by atoms with Crippen molar-refractivity contribution in [1.29, 1.82) is 0 Å². The van der Waals surface area contributed by atoms with Gasteiger partial charge in [-0.25, -0.2) is 9.59 Å². The second-order valence-electron chi connectivity index (χ2n) is 7.33. The number of carbonyl (C=O) groups excluding carboxylic acids is 2. The Labute approximate surface area is 202 Å². The normalized spacial score (nSPS) is 10.4. The first-order valence-electron chi connectivity index (χ1n) is 10.6. The van der Waals surface area contributed by atoms with Crippen molar-refractivity contribution in [3.63, 3.8) is 0 Å². The number of aryl methyl sites for hydroxylation is 1. The van der Waals surface area contributed by atoms with Gasteiger partial charge in [0.25, 0.3) is 0 Å². The zero-order valence-electron chi connectivity index (χ0n) is 18.9. The van der Waals surface area contributed by atoms with Crippen LogP contribution in [0.1, 0.15) is 39.1 Å². The molecule has 0 saturated heterocycles. The Balaban J connectivity index is 1.51. The second kappa shape index (κ2) is 12.0. The Kier molecular flexibility index (Phi) is 8.76. The van der Waals surface area contributed by atoms with Gasteiger partial charge in [-0.1, -0.05) is 29.8 Å². The number of phenolic OH excluding ortho intramolecular Hbond substituents is 1. The topological polar surface area (TPSA) is 91.3 Å². The highest BCUT2D eigenvalue weighted by Crippen LogP contribution is 2.34. The van der Waals surface area contributed by atoms with E-state index in [9.17, 15) is 14.7 Å². The van der Waals surface area contributed by atoms with Crippen molar-refractivity contribution in [2.45, 2.75) is 19.3 Å². The van der Waals surface area contributed by atoms with Gasteiger partial charge in [0.05, 0.1) is 26.4 Å². The Morgan fingerprint density at radius 2 is 1.62 bits per heavy atom. The van der Waals surface area contributed by atoms with Crippen LogP contribution in [0.2, 0.25) is 5.02 Å². The SMILES string of the molecule is COC(=O)c1ccc(OCCCCc2ccc(Oc3cccc(Cl)c3)cc2)c(O)c1C(=O)OC. The molecule has 0 aliphatic carbocycles. The maximum atomic E-state index is 12.0. The molecule has 0 aliphatic heterocycles. The Hall–Kier alpha value is -3.71. The van der Waals surface area contributed by atoms with Gasteiger partial charge in [-0.2, -0.15) is 0 Å². The molecule has 0 fully saturated rings. The third kappa shape index (κ3) is 6.42. The van der Waals surface area contributed by atoms with Crippen LogP contribution >= 0.6 is 11.6 Å². The standard InChI is InChI=1S/C26H25ClO7/c1-31-25(29)21-13-14-22(24(28)23(21)26(30)32-2)33-15-4-3-6-17-9-11-19(12-10-17)34-20-8-5-7-18(27)16-20/h5,7-14,16,28H,3-4,6,15H2,1-2H3. The highest BCUT2D eigenvalue weighted by molar-refractivity contribution is 6.30. The summed E-state index contributed by atoms with van der Waals surface area (Å²) in [5.74, 6) is -0.574. The second-order valence-corrected chi connectivity index (χ2v) is 7.76. The van der Waals surface area contributed by atoms with Gasteiger partial charge in [-0.05, 0) is 67.3 Å². The summed E-state index contributed by atoms with van der Waals surface area (Å²) in [5.41, 5.74) is 0.769. The van der Waals surface area contributed by atoms with E-state index in [2.05, 4.69) is 9.47 Å². The van der Waals surface area contributed by atoms with Gasteiger partial charge >= 0.3 is 11.9 Å². The monoisotopic (exact) mass is 484 g/mol. The lowest BCUT2D eigenvalue weighted by atomic mass is 10.1. The summed E-state index contributed by atoms with van der Waals surface area (Å²) in [6.07, 6.45) is 2.40. The molecule has 0 unspecified atom stereocenters. The largest absolute Gasteiger partial charge is 0.504 e. The smallest absolute Gasteiger partial charge is 0.342 e. The number of unbranched alkanes of at least 4 members (excludes halogenated alkanes) is 1. The molecule has 0 bridgehead atoms. The molecular weight excluding hydrogens is 460 g/mol. The third-order valence-electron chi connectivity index (χ3n) is 5.01. The summed E-state index contributed by atoms with van der Waals surface area (Å²) in [6.45, 7) is 0.321. The molecule has 8 heteroatoms. The van der Waals surface area contributed by atoms with E-state index >= 15 is 0 Å². The van der Waals surface area contributed by atoms with Gasteiger partial charge in [-0.3, -0.25) is 0 Å². The number of benzene rings is 3. The molecule has 3 aromatic carbocycles. The predicted octanol–water partition coefficient (Wildman–Crippen LogP) is 5.81. The summed E-state index contributed by atoms with van der Waals surface area (Å²) in [4.78, 5) is 23.9. The maximum absolute atomic E-state index is 12.0. The van der Waals surface area contributed by atoms with Crippen LogP contribution in [0.4, 0.5) is 0 Å². The van der Waals surface area contributed by atoms with E-state index in [1.807, 2.05) is 36.4 Å². The number of carbonyl (C=O) groups is 2. The van der Waals surface area contributed by atoms with Gasteiger partial charge < -0.3 is 24.1 Å². The fraction of sp³-hybridized carbons (Fsp3) is 0.231. The van der Waals surface area contributed by atoms with E-state index in [-0.39, 0.29) is 16.9 Å². The average molecular weight is 485 g/mol. The Morgan fingerprint density at radius 1 is 0.882 bits per heavy atom. The molecule has 0 aromatic heterocycles. The lowest BCUT2D eigenvalue weighted by Crippen LogP contribution is -2.13. The maximum Gasteiger partial charge on any atom is 0.342 e. The average Bonchev–Trinajstić information content (AvgIpc) is 2.84. The van der Waals surface area contributed by atoms with E-state index in [0.29, 0.717) is 23.8 Å². The summed E-state index contributed by atoms with van der Waals surface area (Å²) >= 11 is 5.98. The van der Waals surface area contributed by atoms with Crippen LogP contribution < -0.4 is 9.47 Å². The van der Waals surface area contributed by atoms with Gasteiger partial charge in [0, 0.05) is 5.02 Å². The number of halogens is 1. The first-order chi connectivity index (χ1) is 16.4. The Bertz CT molecular complexity index is 1140. The fourth-order valence-corrected chi connectivity index (χ4v) is 3.46. The van der Waals surface area contributed by atoms with Crippen molar-refractivity contribution in [2.24, 2.45) is 0 Å². The quantitative estimate of drug-likeness (QED) is 0.286. The van der Waals surface area contributed by atoms with Crippen LogP contribution in [0.5, 0.6) is 23.0 Å². The number of rotatable bonds is 10. The van der Waals surface area contributed by atoms with Gasteiger partial charge in [-0.15, -0.1) is 0 Å². The number of aromatic hydroxyl groups is 1. The van der Waals surface area contributed by atoms with Crippen molar-refractivity contribution in [1.82, 2.24) is 0 Å². The molecule has 34 heavy (non-hydrogen) atoms. The van der Waals surface area contributed by atoms with Crippen LogP contribution in [-0.4, -0.2) is 37.9 Å². The summed E-state index contributed by atoms with van der Waals surface area (Å²) in [7, 11) is 2.34. The molecule has 178 valence electrons. The van der Waals surface area contributed by atoms with E-state index < -0.39 is 17.7 Å². The molecule has 0 amide bonds. The van der Waals surface area contributed by atoms with Crippen LogP contribution in [0.25, 0.3) is 0 Å². The van der Waals surface area contributed by atoms with Gasteiger partial charge in [0.1, 0.15) is 17.1 Å². The number of ether oxygens (including phenoxy) is 4. The zero-order chi connectivity index (χ0) is 24.5.